The van der Waals surface area contributed by atoms with Crippen molar-refractivity contribution >= 4 is 11.8 Å². The average molecular weight is 362 g/mol. The number of rotatable bonds is 8. The van der Waals surface area contributed by atoms with Gasteiger partial charge in [-0.25, -0.2) is 0 Å². The first-order chi connectivity index (χ1) is 12.2. The maximum absolute atomic E-state index is 12.5. The SMILES string of the molecule is CCOC1CC(N)(C(=O)NCC(=O)N(C)CCc2ccccn2)C1(C)C. The lowest BCUT2D eigenvalue weighted by Gasteiger charge is -2.57. The second-order valence-electron chi connectivity index (χ2n) is 7.41. The van der Waals surface area contributed by atoms with Crippen molar-refractivity contribution in [1.82, 2.24) is 15.2 Å². The summed E-state index contributed by atoms with van der Waals surface area (Å²) in [7, 11) is 1.72. The zero-order chi connectivity index (χ0) is 19.4. The molecule has 2 atom stereocenters. The van der Waals surface area contributed by atoms with Gasteiger partial charge >= 0.3 is 0 Å². The van der Waals surface area contributed by atoms with Crippen molar-refractivity contribution in [3.8, 4) is 0 Å². The van der Waals surface area contributed by atoms with E-state index in [9.17, 15) is 9.59 Å². The fraction of sp³-hybridized carbons (Fsp3) is 0.632. The van der Waals surface area contributed by atoms with Gasteiger partial charge in [-0.2, -0.15) is 0 Å². The molecule has 0 aromatic carbocycles. The zero-order valence-electron chi connectivity index (χ0n) is 16.1. The molecule has 1 saturated carbocycles. The third kappa shape index (κ3) is 4.04. The summed E-state index contributed by atoms with van der Waals surface area (Å²) in [6, 6.07) is 5.70. The van der Waals surface area contributed by atoms with Crippen LogP contribution >= 0.6 is 0 Å². The first-order valence-electron chi connectivity index (χ1n) is 9.05. The molecule has 7 nitrogen and oxygen atoms in total. The van der Waals surface area contributed by atoms with Crippen LogP contribution in [0.2, 0.25) is 0 Å². The average Bonchev–Trinajstić information content (AvgIpc) is 2.64. The molecule has 0 aliphatic heterocycles. The number of pyridine rings is 1. The number of nitrogens with zero attached hydrogens (tertiary/aromatic N) is 2. The Kier molecular flexibility index (Phi) is 6.36. The molecule has 0 bridgehead atoms. The molecule has 0 saturated heterocycles. The van der Waals surface area contributed by atoms with Crippen LogP contribution in [0.4, 0.5) is 0 Å². The quantitative estimate of drug-likeness (QED) is 0.711. The van der Waals surface area contributed by atoms with Crippen LogP contribution in [0.15, 0.2) is 24.4 Å². The van der Waals surface area contributed by atoms with Gasteiger partial charge in [-0.3, -0.25) is 14.6 Å². The van der Waals surface area contributed by atoms with Crippen LogP contribution in [-0.2, 0) is 20.7 Å². The number of amides is 2. The Morgan fingerprint density at radius 3 is 2.73 bits per heavy atom. The highest BCUT2D eigenvalue weighted by Gasteiger charge is 2.62. The fourth-order valence-corrected chi connectivity index (χ4v) is 3.22. The lowest BCUT2D eigenvalue weighted by Crippen LogP contribution is -2.76. The van der Waals surface area contributed by atoms with Gasteiger partial charge in [-0.05, 0) is 19.1 Å². The maximum atomic E-state index is 12.5. The molecule has 0 radical (unpaired) electrons. The molecule has 26 heavy (non-hydrogen) atoms. The normalized spacial score (nSPS) is 23.8. The number of carbonyl (C=O) groups excluding carboxylic acids is 2. The first kappa shape index (κ1) is 20.3. The van der Waals surface area contributed by atoms with Gasteiger partial charge in [0.25, 0.3) is 0 Å². The standard InChI is InChI=1S/C19H30N4O3/c1-5-26-15-12-19(20,18(15,2)3)17(25)22-13-16(24)23(4)11-9-14-8-6-7-10-21-14/h6-8,10,15H,5,9,11-13,20H2,1-4H3,(H,22,25). The van der Waals surface area contributed by atoms with E-state index in [1.807, 2.05) is 39.0 Å². The second kappa shape index (κ2) is 8.14. The first-order valence-corrected chi connectivity index (χ1v) is 9.05. The molecule has 1 aromatic heterocycles. The molecule has 1 aliphatic rings. The predicted molar refractivity (Wildman–Crippen MR) is 99.3 cm³/mol. The van der Waals surface area contributed by atoms with Crippen molar-refractivity contribution in [3.63, 3.8) is 0 Å². The molecular weight excluding hydrogens is 332 g/mol. The maximum Gasteiger partial charge on any atom is 0.241 e. The largest absolute Gasteiger partial charge is 0.378 e. The van der Waals surface area contributed by atoms with E-state index in [-0.39, 0.29) is 24.5 Å². The minimum Gasteiger partial charge on any atom is -0.378 e. The summed E-state index contributed by atoms with van der Waals surface area (Å²) in [5, 5.41) is 2.70. The summed E-state index contributed by atoms with van der Waals surface area (Å²) in [6.45, 7) is 6.84. The number of hydrogen-bond donors (Lipinski definition) is 2. The topological polar surface area (TPSA) is 97.5 Å². The number of likely N-dealkylation sites (N-methyl/N-ethyl adjacent to an activating group) is 1. The number of carbonyl (C=O) groups is 2. The van der Waals surface area contributed by atoms with Gasteiger partial charge in [0, 0.05) is 50.3 Å². The molecule has 144 valence electrons. The Morgan fingerprint density at radius 2 is 2.15 bits per heavy atom. The van der Waals surface area contributed by atoms with E-state index in [1.54, 1.807) is 18.1 Å². The van der Waals surface area contributed by atoms with Crippen LogP contribution in [0, 0.1) is 5.41 Å². The summed E-state index contributed by atoms with van der Waals surface area (Å²) in [4.78, 5) is 30.6. The summed E-state index contributed by atoms with van der Waals surface area (Å²) in [6.07, 6.45) is 2.82. The molecule has 0 spiro atoms. The monoisotopic (exact) mass is 362 g/mol. The highest BCUT2D eigenvalue weighted by molar-refractivity contribution is 5.92. The Balaban J connectivity index is 1.80. The summed E-state index contributed by atoms with van der Waals surface area (Å²) in [5.41, 5.74) is 5.76. The van der Waals surface area contributed by atoms with E-state index in [2.05, 4.69) is 10.3 Å². The van der Waals surface area contributed by atoms with Crippen molar-refractivity contribution in [2.24, 2.45) is 11.1 Å². The van der Waals surface area contributed by atoms with Crippen molar-refractivity contribution in [2.75, 3.05) is 26.7 Å². The molecule has 1 heterocycles. The predicted octanol–water partition coefficient (Wildman–Crippen LogP) is 0.731. The van der Waals surface area contributed by atoms with Crippen molar-refractivity contribution in [1.29, 1.82) is 0 Å². The molecule has 2 amide bonds. The number of nitrogens with one attached hydrogen (secondary N) is 1. The van der Waals surface area contributed by atoms with E-state index in [0.29, 0.717) is 26.0 Å². The molecule has 7 heteroatoms. The number of nitrogens with two attached hydrogens (primary N) is 1. The van der Waals surface area contributed by atoms with E-state index < -0.39 is 11.0 Å². The minimum absolute atomic E-state index is 0.0417. The molecule has 1 aliphatic carbocycles. The summed E-state index contributed by atoms with van der Waals surface area (Å²) in [5.74, 6) is -0.457. The highest BCUT2D eigenvalue weighted by Crippen LogP contribution is 2.49. The second-order valence-corrected chi connectivity index (χ2v) is 7.41. The summed E-state index contributed by atoms with van der Waals surface area (Å²) < 4.78 is 5.64. The Bertz CT molecular complexity index is 635. The van der Waals surface area contributed by atoms with Gasteiger partial charge in [0.15, 0.2) is 0 Å². The molecule has 1 aromatic rings. The van der Waals surface area contributed by atoms with Gasteiger partial charge in [-0.15, -0.1) is 0 Å². The lowest BCUT2D eigenvalue weighted by atomic mass is 9.54. The lowest BCUT2D eigenvalue weighted by molar-refractivity contribution is -0.171. The Labute approximate surface area is 155 Å². The molecule has 1 fully saturated rings. The van der Waals surface area contributed by atoms with E-state index in [0.717, 1.165) is 5.69 Å². The van der Waals surface area contributed by atoms with Gasteiger partial charge in [0.1, 0.15) is 5.54 Å². The fourth-order valence-electron chi connectivity index (χ4n) is 3.22. The van der Waals surface area contributed by atoms with Crippen LogP contribution in [-0.4, -0.2) is 60.1 Å². The Morgan fingerprint density at radius 1 is 1.42 bits per heavy atom. The molecule has 2 unspecified atom stereocenters. The van der Waals surface area contributed by atoms with E-state index >= 15 is 0 Å². The van der Waals surface area contributed by atoms with Crippen molar-refractivity contribution < 1.29 is 14.3 Å². The molecular formula is C19H30N4O3. The Hall–Kier alpha value is -1.99. The van der Waals surface area contributed by atoms with Gasteiger partial charge in [-0.1, -0.05) is 19.9 Å². The van der Waals surface area contributed by atoms with Crippen molar-refractivity contribution in [3.05, 3.63) is 30.1 Å². The summed E-state index contributed by atoms with van der Waals surface area (Å²) >= 11 is 0. The van der Waals surface area contributed by atoms with Crippen LogP contribution < -0.4 is 11.1 Å². The third-order valence-corrected chi connectivity index (χ3v) is 5.49. The van der Waals surface area contributed by atoms with Crippen molar-refractivity contribution in [2.45, 2.75) is 45.3 Å². The number of hydrogen-bond acceptors (Lipinski definition) is 5. The highest BCUT2D eigenvalue weighted by atomic mass is 16.5. The smallest absolute Gasteiger partial charge is 0.241 e. The third-order valence-electron chi connectivity index (χ3n) is 5.49. The van der Waals surface area contributed by atoms with Gasteiger partial charge < -0.3 is 20.7 Å². The minimum atomic E-state index is -1.01. The van der Waals surface area contributed by atoms with Crippen LogP contribution in [0.5, 0.6) is 0 Å². The number of aromatic nitrogens is 1. The van der Waals surface area contributed by atoms with Crippen LogP contribution in [0.3, 0.4) is 0 Å². The van der Waals surface area contributed by atoms with Gasteiger partial charge in [0.05, 0.1) is 12.6 Å². The molecule has 3 N–H and O–H groups in total. The zero-order valence-corrected chi connectivity index (χ0v) is 16.1. The van der Waals surface area contributed by atoms with E-state index in [4.69, 9.17) is 10.5 Å². The molecule has 2 rings (SSSR count). The van der Waals surface area contributed by atoms with Gasteiger partial charge in [0.2, 0.25) is 11.8 Å². The van der Waals surface area contributed by atoms with Crippen LogP contribution in [0.25, 0.3) is 0 Å². The van der Waals surface area contributed by atoms with E-state index in [1.165, 1.54) is 0 Å². The van der Waals surface area contributed by atoms with Crippen LogP contribution in [0.1, 0.15) is 32.9 Å². The number of ether oxygens (including phenoxy) is 1.